The maximum atomic E-state index is 13.5. The first kappa shape index (κ1) is 10.8. The van der Waals surface area contributed by atoms with Crippen molar-refractivity contribution in [3.63, 3.8) is 0 Å². The Morgan fingerprint density at radius 1 is 1.38 bits per heavy atom. The summed E-state index contributed by atoms with van der Waals surface area (Å²) in [5, 5.41) is 0. The van der Waals surface area contributed by atoms with Crippen LogP contribution in [0, 0.1) is 5.82 Å². The normalized spacial score (nSPS) is 15.7. The van der Waals surface area contributed by atoms with Crippen LogP contribution >= 0.6 is 0 Å². The van der Waals surface area contributed by atoms with Gasteiger partial charge in [-0.25, -0.2) is 9.18 Å². The third-order valence-corrected chi connectivity index (χ3v) is 2.47. The quantitative estimate of drug-likeness (QED) is 0.564. The van der Waals surface area contributed by atoms with E-state index in [1.807, 2.05) is 4.90 Å². The van der Waals surface area contributed by atoms with E-state index in [1.165, 1.54) is 12.1 Å². The molecule has 0 aliphatic carbocycles. The molecule has 0 bridgehead atoms. The van der Waals surface area contributed by atoms with Crippen molar-refractivity contribution in [2.75, 3.05) is 31.2 Å². The standard InChI is InChI=1S/C11H11FN2O2/c12-9-2-1-3-10(11(9)13-8-15)14-4-6-16-7-5-14/h1-3H,4-7H2. The molecule has 16 heavy (non-hydrogen) atoms. The molecular formula is C11H11FN2O2. The average Bonchev–Trinajstić information content (AvgIpc) is 2.33. The van der Waals surface area contributed by atoms with Crippen LogP contribution < -0.4 is 4.90 Å². The van der Waals surface area contributed by atoms with E-state index in [2.05, 4.69) is 4.99 Å². The summed E-state index contributed by atoms with van der Waals surface area (Å²) in [6.07, 6.45) is 1.38. The fourth-order valence-electron chi connectivity index (χ4n) is 1.72. The van der Waals surface area contributed by atoms with Crippen molar-refractivity contribution in [2.45, 2.75) is 0 Å². The molecule has 0 unspecified atom stereocenters. The van der Waals surface area contributed by atoms with Crippen LogP contribution in [0.25, 0.3) is 0 Å². The average molecular weight is 222 g/mol. The Labute approximate surface area is 92.3 Å². The highest BCUT2D eigenvalue weighted by Gasteiger charge is 2.16. The van der Waals surface area contributed by atoms with E-state index in [4.69, 9.17) is 4.74 Å². The molecule has 0 amide bonds. The van der Waals surface area contributed by atoms with E-state index < -0.39 is 5.82 Å². The van der Waals surface area contributed by atoms with Crippen LogP contribution in [0.2, 0.25) is 0 Å². The minimum atomic E-state index is -0.507. The summed E-state index contributed by atoms with van der Waals surface area (Å²) in [7, 11) is 0. The lowest BCUT2D eigenvalue weighted by Crippen LogP contribution is -2.36. The molecule has 0 N–H and O–H groups in total. The summed E-state index contributed by atoms with van der Waals surface area (Å²) in [6, 6.07) is 4.62. The number of ether oxygens (including phenoxy) is 1. The predicted molar refractivity (Wildman–Crippen MR) is 57.2 cm³/mol. The zero-order valence-electron chi connectivity index (χ0n) is 8.65. The smallest absolute Gasteiger partial charge is 0.240 e. The number of para-hydroxylation sites is 1. The number of benzene rings is 1. The predicted octanol–water partition coefficient (Wildman–Crippen LogP) is 1.63. The second kappa shape index (κ2) is 4.88. The lowest BCUT2D eigenvalue weighted by atomic mass is 10.2. The lowest BCUT2D eigenvalue weighted by molar-refractivity contribution is 0.122. The number of rotatable bonds is 2. The fourth-order valence-corrected chi connectivity index (χ4v) is 1.72. The van der Waals surface area contributed by atoms with Gasteiger partial charge in [0.2, 0.25) is 6.08 Å². The molecule has 1 aliphatic rings. The molecule has 84 valence electrons. The van der Waals surface area contributed by atoms with Crippen molar-refractivity contribution in [1.82, 2.24) is 0 Å². The van der Waals surface area contributed by atoms with Crippen LogP contribution in [-0.2, 0) is 9.53 Å². The molecule has 1 aliphatic heterocycles. The second-order valence-electron chi connectivity index (χ2n) is 3.41. The molecule has 1 aromatic rings. The van der Waals surface area contributed by atoms with Crippen molar-refractivity contribution < 1.29 is 13.9 Å². The van der Waals surface area contributed by atoms with Gasteiger partial charge < -0.3 is 9.64 Å². The molecular weight excluding hydrogens is 211 g/mol. The molecule has 1 aromatic carbocycles. The highest BCUT2D eigenvalue weighted by molar-refractivity contribution is 5.70. The van der Waals surface area contributed by atoms with Crippen molar-refractivity contribution in [3.8, 4) is 0 Å². The molecule has 0 radical (unpaired) electrons. The van der Waals surface area contributed by atoms with Gasteiger partial charge in [0.15, 0.2) is 5.82 Å². The zero-order valence-corrected chi connectivity index (χ0v) is 8.65. The van der Waals surface area contributed by atoms with Crippen LogP contribution in [0.15, 0.2) is 23.2 Å². The van der Waals surface area contributed by atoms with Crippen molar-refractivity contribution >= 4 is 17.5 Å². The topological polar surface area (TPSA) is 41.9 Å². The minimum Gasteiger partial charge on any atom is -0.378 e. The van der Waals surface area contributed by atoms with Gasteiger partial charge in [-0.3, -0.25) is 0 Å². The molecule has 1 saturated heterocycles. The SMILES string of the molecule is O=C=Nc1c(F)cccc1N1CCOCC1. The Kier molecular flexibility index (Phi) is 3.29. The van der Waals surface area contributed by atoms with Crippen LogP contribution in [0.3, 0.4) is 0 Å². The van der Waals surface area contributed by atoms with Gasteiger partial charge in [-0.1, -0.05) is 6.07 Å². The van der Waals surface area contributed by atoms with Crippen molar-refractivity contribution in [2.24, 2.45) is 4.99 Å². The molecule has 2 rings (SSSR count). The first-order valence-electron chi connectivity index (χ1n) is 5.02. The highest BCUT2D eigenvalue weighted by Crippen LogP contribution is 2.31. The largest absolute Gasteiger partial charge is 0.378 e. The molecule has 0 spiro atoms. The van der Waals surface area contributed by atoms with E-state index in [0.29, 0.717) is 32.0 Å². The Hall–Kier alpha value is -1.71. The number of hydrogen-bond donors (Lipinski definition) is 0. The van der Waals surface area contributed by atoms with Gasteiger partial charge in [0, 0.05) is 13.1 Å². The Morgan fingerprint density at radius 3 is 2.81 bits per heavy atom. The number of nitrogens with zero attached hydrogens (tertiary/aromatic N) is 2. The van der Waals surface area contributed by atoms with E-state index in [1.54, 1.807) is 12.1 Å². The summed E-state index contributed by atoms with van der Waals surface area (Å²) in [6.45, 7) is 2.54. The van der Waals surface area contributed by atoms with Gasteiger partial charge in [0.1, 0.15) is 5.69 Å². The molecule has 4 nitrogen and oxygen atoms in total. The second-order valence-corrected chi connectivity index (χ2v) is 3.41. The number of carbonyl (C=O) groups excluding carboxylic acids is 1. The maximum absolute atomic E-state index is 13.5. The number of morpholine rings is 1. The maximum Gasteiger partial charge on any atom is 0.240 e. The molecule has 0 atom stereocenters. The van der Waals surface area contributed by atoms with Gasteiger partial charge in [-0.2, -0.15) is 4.99 Å². The summed E-state index contributed by atoms with van der Waals surface area (Å²) in [5.74, 6) is -0.507. The van der Waals surface area contributed by atoms with Crippen molar-refractivity contribution in [3.05, 3.63) is 24.0 Å². The Bertz CT molecular complexity index is 424. The first-order chi connectivity index (χ1) is 7.83. The monoisotopic (exact) mass is 222 g/mol. The number of aliphatic imine (C=N–C) groups is 1. The van der Waals surface area contributed by atoms with E-state index in [9.17, 15) is 9.18 Å². The van der Waals surface area contributed by atoms with Gasteiger partial charge in [-0.15, -0.1) is 0 Å². The van der Waals surface area contributed by atoms with Crippen LogP contribution in [-0.4, -0.2) is 32.4 Å². The summed E-state index contributed by atoms with van der Waals surface area (Å²) in [4.78, 5) is 15.6. The van der Waals surface area contributed by atoms with E-state index >= 15 is 0 Å². The summed E-state index contributed by atoms with van der Waals surface area (Å²) in [5.41, 5.74) is 0.672. The molecule has 1 fully saturated rings. The number of anilines is 1. The zero-order chi connectivity index (χ0) is 11.4. The van der Waals surface area contributed by atoms with Crippen LogP contribution in [0.5, 0.6) is 0 Å². The van der Waals surface area contributed by atoms with Crippen molar-refractivity contribution in [1.29, 1.82) is 0 Å². The molecule has 5 heteroatoms. The first-order valence-corrected chi connectivity index (χ1v) is 5.02. The third kappa shape index (κ3) is 2.10. The summed E-state index contributed by atoms with van der Waals surface area (Å²) < 4.78 is 18.7. The molecule has 0 saturated carbocycles. The fraction of sp³-hybridized carbons (Fsp3) is 0.364. The number of isocyanates is 1. The van der Waals surface area contributed by atoms with Gasteiger partial charge in [0.25, 0.3) is 0 Å². The Balaban J connectivity index is 2.38. The molecule has 0 aromatic heterocycles. The van der Waals surface area contributed by atoms with Crippen LogP contribution in [0.1, 0.15) is 0 Å². The number of halogens is 1. The number of hydrogen-bond acceptors (Lipinski definition) is 4. The van der Waals surface area contributed by atoms with Gasteiger partial charge in [0.05, 0.1) is 18.9 Å². The van der Waals surface area contributed by atoms with E-state index in [0.717, 1.165) is 0 Å². The minimum absolute atomic E-state index is 0.0550. The Morgan fingerprint density at radius 2 is 2.12 bits per heavy atom. The molecule has 1 heterocycles. The van der Waals surface area contributed by atoms with Gasteiger partial charge in [-0.05, 0) is 12.1 Å². The van der Waals surface area contributed by atoms with Gasteiger partial charge >= 0.3 is 0 Å². The lowest BCUT2D eigenvalue weighted by Gasteiger charge is -2.29. The van der Waals surface area contributed by atoms with Crippen LogP contribution in [0.4, 0.5) is 15.8 Å². The summed E-state index contributed by atoms with van der Waals surface area (Å²) >= 11 is 0. The van der Waals surface area contributed by atoms with E-state index in [-0.39, 0.29) is 5.69 Å². The third-order valence-electron chi connectivity index (χ3n) is 2.47. The highest BCUT2D eigenvalue weighted by atomic mass is 19.1.